The Morgan fingerprint density at radius 1 is 0.919 bits per heavy atom. The van der Waals surface area contributed by atoms with Crippen molar-refractivity contribution in [1.29, 1.82) is 0 Å². The second-order valence-corrected chi connectivity index (χ2v) is 16.8. The minimum atomic E-state index is -1.25. The topological polar surface area (TPSA) is 187 Å². The highest BCUT2D eigenvalue weighted by molar-refractivity contribution is 6.07. The molecule has 0 radical (unpaired) electrons. The van der Waals surface area contributed by atoms with Crippen LogP contribution in [0.1, 0.15) is 87.4 Å². The molecule has 0 spiro atoms. The van der Waals surface area contributed by atoms with Crippen LogP contribution in [0.3, 0.4) is 0 Å². The lowest BCUT2D eigenvalue weighted by atomic mass is 9.92. The molecule has 4 aromatic carbocycles. The molecule has 3 aliphatic rings. The molecule has 9 rings (SSSR count). The Kier molecular flexibility index (Phi) is 11.2. The Bertz CT molecular complexity index is 2640. The number of nitrogens with zero attached hydrogens (tertiary/aromatic N) is 4. The molecule has 5 heterocycles. The molecule has 1 unspecified atom stereocenters. The summed E-state index contributed by atoms with van der Waals surface area (Å²) in [5, 5.41) is 17.7. The van der Waals surface area contributed by atoms with E-state index in [0.29, 0.717) is 24.5 Å². The summed E-state index contributed by atoms with van der Waals surface area (Å²) in [7, 11) is 2.67. The van der Waals surface area contributed by atoms with Gasteiger partial charge < -0.3 is 44.4 Å². The molecular formula is C47H52N8O7. The van der Waals surface area contributed by atoms with Crippen LogP contribution in [0.2, 0.25) is 0 Å². The first-order valence-electron chi connectivity index (χ1n) is 21.3. The number of aliphatic hydroxyl groups is 1. The van der Waals surface area contributed by atoms with Crippen molar-refractivity contribution in [2.75, 3.05) is 20.8 Å². The van der Waals surface area contributed by atoms with Crippen molar-refractivity contribution < 1.29 is 33.7 Å². The number of H-pyrrole nitrogens is 2. The lowest BCUT2D eigenvalue weighted by Gasteiger charge is -2.34. The van der Waals surface area contributed by atoms with Crippen LogP contribution < -0.4 is 15.4 Å². The molecule has 15 nitrogen and oxygen atoms in total. The summed E-state index contributed by atoms with van der Waals surface area (Å²) in [6.07, 6.45) is 3.05. The van der Waals surface area contributed by atoms with Crippen LogP contribution in [0, 0.1) is 5.92 Å². The largest absolute Gasteiger partial charge is 0.488 e. The number of carbonyl (C=O) groups excluding carboxylic acids is 3. The Labute approximate surface area is 359 Å². The predicted octanol–water partition coefficient (Wildman–Crippen LogP) is 7.01. The van der Waals surface area contributed by atoms with E-state index in [4.69, 9.17) is 24.2 Å². The molecule has 0 aliphatic carbocycles. The van der Waals surface area contributed by atoms with Gasteiger partial charge in [0.15, 0.2) is 0 Å². The van der Waals surface area contributed by atoms with E-state index in [0.717, 1.165) is 87.0 Å². The van der Waals surface area contributed by atoms with E-state index in [-0.39, 0.29) is 35.9 Å². The number of aromatic amines is 2. The maximum Gasteiger partial charge on any atom is 0.407 e. The van der Waals surface area contributed by atoms with Crippen LogP contribution in [-0.4, -0.2) is 92.0 Å². The summed E-state index contributed by atoms with van der Waals surface area (Å²) < 4.78 is 16.3. The molecule has 2 fully saturated rings. The molecule has 2 saturated heterocycles. The van der Waals surface area contributed by atoms with Gasteiger partial charge in [0.2, 0.25) is 12.3 Å². The van der Waals surface area contributed by atoms with Gasteiger partial charge in [-0.25, -0.2) is 14.8 Å². The lowest BCUT2D eigenvalue weighted by Crippen LogP contribution is -2.54. The molecular weight excluding hydrogens is 789 g/mol. The molecule has 6 aromatic rings. The smallest absolute Gasteiger partial charge is 0.407 e. The van der Waals surface area contributed by atoms with Crippen LogP contribution in [0.4, 0.5) is 4.79 Å². The minimum Gasteiger partial charge on any atom is -0.488 e. The fourth-order valence-electron chi connectivity index (χ4n) is 9.43. The number of likely N-dealkylation sites (tertiary alicyclic amines) is 2. The Balaban J connectivity index is 0.963. The van der Waals surface area contributed by atoms with Crippen LogP contribution in [0.5, 0.6) is 5.75 Å². The maximum absolute atomic E-state index is 14.1. The average Bonchev–Trinajstić information content (AvgIpc) is 4.12. The number of amides is 3. The molecule has 15 heteroatoms. The van der Waals surface area contributed by atoms with Gasteiger partial charge in [-0.3, -0.25) is 14.9 Å². The predicted molar refractivity (Wildman–Crippen MR) is 232 cm³/mol. The first-order chi connectivity index (χ1) is 30.0. The molecule has 2 aromatic heterocycles. The number of ether oxygens (including phenoxy) is 3. The zero-order chi connectivity index (χ0) is 43.2. The number of methoxy groups -OCH3 is 2. The van der Waals surface area contributed by atoms with Crippen LogP contribution in [0.15, 0.2) is 79.0 Å². The van der Waals surface area contributed by atoms with E-state index < -0.39 is 24.6 Å². The zero-order valence-corrected chi connectivity index (χ0v) is 35.5. The molecule has 5 N–H and O–H groups in total. The number of imidazole rings is 2. The lowest BCUT2D eigenvalue weighted by molar-refractivity contribution is -0.146. The van der Waals surface area contributed by atoms with E-state index in [9.17, 15) is 19.5 Å². The number of nitrogens with one attached hydrogen (secondary N) is 4. The summed E-state index contributed by atoms with van der Waals surface area (Å²) in [5.41, 5.74) is 7.26. The van der Waals surface area contributed by atoms with Crippen molar-refractivity contribution in [3.8, 4) is 28.1 Å². The van der Waals surface area contributed by atoms with Crippen molar-refractivity contribution in [1.82, 2.24) is 40.4 Å². The second kappa shape index (κ2) is 16.9. The van der Waals surface area contributed by atoms with Gasteiger partial charge in [-0.2, -0.15) is 0 Å². The highest BCUT2D eigenvalue weighted by Gasteiger charge is 2.41. The number of hydrogen-bond donors (Lipinski definition) is 5. The SMILES string of the molecule is COC(=O)N[C@@H](C(=O)N1CCC[C@H]1c1nc2c(ccc3cc4c(cc32)OCc2cc(-c3cnc([C@@H]5CC[C@H](C)N5C(=O)[C@@H](NC(O)OC)C(C)C)[nH]3)ccc2-4)[nH]1)c1ccccc1. The second-order valence-electron chi connectivity index (χ2n) is 16.8. The van der Waals surface area contributed by atoms with Crippen LogP contribution in [-0.2, 0) is 25.7 Å². The van der Waals surface area contributed by atoms with Crippen molar-refractivity contribution in [3.63, 3.8) is 0 Å². The number of benzene rings is 4. The van der Waals surface area contributed by atoms with Crippen LogP contribution >= 0.6 is 0 Å². The van der Waals surface area contributed by atoms with Crippen LogP contribution in [0.25, 0.3) is 44.2 Å². The van der Waals surface area contributed by atoms with Gasteiger partial charge in [-0.1, -0.05) is 62.4 Å². The zero-order valence-electron chi connectivity index (χ0n) is 35.5. The van der Waals surface area contributed by atoms with Gasteiger partial charge in [-0.15, -0.1) is 0 Å². The molecule has 322 valence electrons. The molecule has 62 heavy (non-hydrogen) atoms. The Morgan fingerprint density at radius 2 is 1.74 bits per heavy atom. The minimum absolute atomic E-state index is 0.0109. The van der Waals surface area contributed by atoms with E-state index in [1.807, 2.05) is 61.3 Å². The molecule has 3 amide bonds. The average molecular weight is 841 g/mol. The normalized spacial score (nSPS) is 19.9. The van der Waals surface area contributed by atoms with Crippen molar-refractivity contribution in [2.45, 2.75) is 89.7 Å². The van der Waals surface area contributed by atoms with E-state index >= 15 is 0 Å². The summed E-state index contributed by atoms with van der Waals surface area (Å²) in [6.45, 7) is 6.86. The monoisotopic (exact) mass is 840 g/mol. The Morgan fingerprint density at radius 3 is 2.52 bits per heavy atom. The Hall–Kier alpha value is -6.29. The maximum atomic E-state index is 14.1. The van der Waals surface area contributed by atoms with Gasteiger partial charge in [0.1, 0.15) is 30.0 Å². The first kappa shape index (κ1) is 41.1. The molecule has 3 aliphatic heterocycles. The van der Waals surface area contributed by atoms with Gasteiger partial charge in [0.25, 0.3) is 5.91 Å². The summed E-state index contributed by atoms with van der Waals surface area (Å²) in [6, 6.07) is 21.8. The first-order valence-corrected chi connectivity index (χ1v) is 21.3. The third-order valence-corrected chi connectivity index (χ3v) is 12.7. The number of aromatic nitrogens is 4. The number of alkyl carbamates (subject to hydrolysis) is 1. The number of hydrogen-bond acceptors (Lipinski definition) is 10. The van der Waals surface area contributed by atoms with Gasteiger partial charge in [0.05, 0.1) is 48.2 Å². The highest BCUT2D eigenvalue weighted by atomic mass is 16.6. The number of rotatable bonds is 11. The number of aliphatic hydroxyl groups excluding tert-OH is 1. The van der Waals surface area contributed by atoms with Gasteiger partial charge in [-0.05, 0) is 90.4 Å². The molecule has 6 atom stereocenters. The number of carbonyl (C=O) groups is 3. The fourth-order valence-corrected chi connectivity index (χ4v) is 9.43. The summed E-state index contributed by atoms with van der Waals surface area (Å²) in [4.78, 5) is 61.0. The van der Waals surface area contributed by atoms with Gasteiger partial charge in [0, 0.05) is 30.6 Å². The summed E-state index contributed by atoms with van der Waals surface area (Å²) >= 11 is 0. The standard InChI is InChI=1S/C47H52N8O7/c1-25(2)39(52-46(58)60-4)45(57)55-26(3)13-18-37(55)42-48-23-35(50-42)29-14-16-31-30(20-29)24-62-38-22-32-28(21-33(31)38)15-17-34-41(32)51-43(49-34)36-12-9-19-54(36)44(56)40(53-47(59)61-5)27-10-7-6-8-11-27/h6-8,10-11,14-17,20-23,25-26,36-37,39-40,46,52,58H,9,12-13,18-19,24H2,1-5H3,(H,48,50)(H,49,51)(H,53,59)/t26-,36-,37-,39-,40+,46?/m0/s1. The number of fused-ring (bicyclic) bond motifs is 6. The van der Waals surface area contributed by atoms with Gasteiger partial charge >= 0.3 is 6.09 Å². The fraction of sp³-hybridized carbons (Fsp3) is 0.383. The van der Waals surface area contributed by atoms with Crippen molar-refractivity contribution >= 4 is 39.7 Å². The molecule has 0 bridgehead atoms. The highest BCUT2D eigenvalue weighted by Crippen LogP contribution is 2.44. The van der Waals surface area contributed by atoms with Crippen molar-refractivity contribution in [3.05, 3.63) is 102 Å². The van der Waals surface area contributed by atoms with E-state index in [1.54, 1.807) is 4.90 Å². The molecule has 0 saturated carbocycles. The van der Waals surface area contributed by atoms with E-state index in [1.165, 1.54) is 14.2 Å². The van der Waals surface area contributed by atoms with Crippen molar-refractivity contribution in [2.24, 2.45) is 5.92 Å². The third-order valence-electron chi connectivity index (χ3n) is 12.7. The quantitative estimate of drug-likeness (QED) is 0.0850. The third kappa shape index (κ3) is 7.54. The summed E-state index contributed by atoms with van der Waals surface area (Å²) in [5.74, 6) is 1.81. The van der Waals surface area contributed by atoms with E-state index in [2.05, 4.69) is 63.9 Å².